The first-order valence-electron chi connectivity index (χ1n) is 9.78. The second kappa shape index (κ2) is 10.7. The van der Waals surface area contributed by atoms with E-state index in [1.54, 1.807) is 12.1 Å². The fraction of sp³-hybridized carbons (Fsp3) is 0.409. The van der Waals surface area contributed by atoms with Crippen LogP contribution in [0, 0.1) is 20.8 Å². The van der Waals surface area contributed by atoms with Gasteiger partial charge in [-0.25, -0.2) is 8.42 Å². The summed E-state index contributed by atoms with van der Waals surface area (Å²) in [6, 6.07) is 11.0. The van der Waals surface area contributed by atoms with Gasteiger partial charge in [-0.1, -0.05) is 23.7 Å². The summed E-state index contributed by atoms with van der Waals surface area (Å²) in [7, 11) is -3.43. The van der Waals surface area contributed by atoms with Gasteiger partial charge in [0.15, 0.2) is 0 Å². The third kappa shape index (κ3) is 7.22. The number of sulfonamides is 1. The number of benzene rings is 2. The van der Waals surface area contributed by atoms with E-state index in [9.17, 15) is 13.2 Å². The zero-order valence-corrected chi connectivity index (χ0v) is 19.4. The minimum atomic E-state index is -3.43. The molecule has 2 rings (SSSR count). The first kappa shape index (κ1) is 24.0. The summed E-state index contributed by atoms with van der Waals surface area (Å²) in [5.74, 6) is 0.506. The molecule has 2 aromatic rings. The van der Waals surface area contributed by atoms with Crippen LogP contribution in [0.5, 0.6) is 5.75 Å². The normalized spacial score (nSPS) is 11.2. The van der Waals surface area contributed by atoms with Gasteiger partial charge in [-0.3, -0.25) is 9.10 Å². The molecule has 1 N–H and O–H groups in total. The molecule has 0 aliphatic rings. The number of hydrogen-bond donors (Lipinski definition) is 1. The SMILES string of the molecule is Cc1ccc(N(CCCC(=O)NCCOc2ccc(C)c(Cl)c2)S(C)(=O)=O)cc1C. The fourth-order valence-corrected chi connectivity index (χ4v) is 3.99. The molecule has 8 heteroatoms. The molecule has 0 spiro atoms. The quantitative estimate of drug-likeness (QED) is 0.552. The maximum Gasteiger partial charge on any atom is 0.232 e. The summed E-state index contributed by atoms with van der Waals surface area (Å²) >= 11 is 6.06. The van der Waals surface area contributed by atoms with Crippen molar-refractivity contribution < 1.29 is 17.9 Å². The molecule has 0 saturated carbocycles. The molecule has 6 nitrogen and oxygen atoms in total. The predicted octanol–water partition coefficient (Wildman–Crippen LogP) is 4.01. The average molecular weight is 453 g/mol. The van der Waals surface area contributed by atoms with Gasteiger partial charge in [0.2, 0.25) is 15.9 Å². The molecular formula is C22H29ClN2O4S. The van der Waals surface area contributed by atoms with Crippen molar-refractivity contribution in [2.75, 3.05) is 30.3 Å². The Kier molecular flexibility index (Phi) is 8.55. The Hall–Kier alpha value is -2.25. The maximum absolute atomic E-state index is 12.2. The summed E-state index contributed by atoms with van der Waals surface area (Å²) in [5.41, 5.74) is 3.71. The van der Waals surface area contributed by atoms with E-state index in [0.717, 1.165) is 16.7 Å². The van der Waals surface area contributed by atoms with Crippen molar-refractivity contribution in [1.82, 2.24) is 5.32 Å². The molecule has 0 aliphatic carbocycles. The summed E-state index contributed by atoms with van der Waals surface area (Å²) in [4.78, 5) is 12.1. The molecule has 0 fully saturated rings. The number of ether oxygens (including phenoxy) is 1. The topological polar surface area (TPSA) is 75.7 Å². The van der Waals surface area contributed by atoms with E-state index in [1.165, 1.54) is 10.6 Å². The van der Waals surface area contributed by atoms with Gasteiger partial charge in [0.25, 0.3) is 0 Å². The Morgan fingerprint density at radius 1 is 1.07 bits per heavy atom. The van der Waals surface area contributed by atoms with Crippen LogP contribution >= 0.6 is 11.6 Å². The number of hydrogen-bond acceptors (Lipinski definition) is 4. The van der Waals surface area contributed by atoms with Gasteiger partial charge < -0.3 is 10.1 Å². The van der Waals surface area contributed by atoms with Crippen molar-refractivity contribution in [2.45, 2.75) is 33.6 Å². The number of nitrogens with one attached hydrogen (secondary N) is 1. The molecule has 164 valence electrons. The third-order valence-corrected chi connectivity index (χ3v) is 6.38. The van der Waals surface area contributed by atoms with Gasteiger partial charge in [-0.2, -0.15) is 0 Å². The number of amides is 1. The van der Waals surface area contributed by atoms with Crippen LogP contribution in [0.1, 0.15) is 29.5 Å². The number of rotatable bonds is 10. The third-order valence-electron chi connectivity index (χ3n) is 4.78. The highest BCUT2D eigenvalue weighted by molar-refractivity contribution is 7.92. The van der Waals surface area contributed by atoms with Gasteiger partial charge in [-0.15, -0.1) is 0 Å². The van der Waals surface area contributed by atoms with Crippen molar-refractivity contribution in [3.8, 4) is 5.75 Å². The number of nitrogens with zero attached hydrogens (tertiary/aromatic N) is 1. The van der Waals surface area contributed by atoms with Crippen molar-refractivity contribution in [3.05, 3.63) is 58.1 Å². The zero-order valence-electron chi connectivity index (χ0n) is 17.9. The monoisotopic (exact) mass is 452 g/mol. The molecule has 0 saturated heterocycles. The van der Waals surface area contributed by atoms with Gasteiger partial charge in [0.05, 0.1) is 18.5 Å². The minimum Gasteiger partial charge on any atom is -0.492 e. The molecule has 0 atom stereocenters. The standard InChI is InChI=1S/C22H29ClN2O4S/c1-16-7-9-19(14-18(16)3)25(30(4,27)28)12-5-6-22(26)24-11-13-29-20-10-8-17(2)21(23)15-20/h7-10,14-15H,5-6,11-13H2,1-4H3,(H,24,26). The Morgan fingerprint density at radius 2 is 1.77 bits per heavy atom. The van der Waals surface area contributed by atoms with Crippen LogP contribution in [-0.2, 0) is 14.8 Å². The molecule has 0 aromatic heterocycles. The van der Waals surface area contributed by atoms with Gasteiger partial charge in [0, 0.05) is 18.0 Å². The lowest BCUT2D eigenvalue weighted by atomic mass is 10.1. The van der Waals surface area contributed by atoms with Crippen LogP contribution in [-0.4, -0.2) is 40.3 Å². The summed E-state index contributed by atoms with van der Waals surface area (Å²) in [6.45, 7) is 6.76. The van der Waals surface area contributed by atoms with Gasteiger partial charge >= 0.3 is 0 Å². The Labute approximate surface area is 184 Å². The maximum atomic E-state index is 12.2. The van der Waals surface area contributed by atoms with Crippen LogP contribution in [0.15, 0.2) is 36.4 Å². The van der Waals surface area contributed by atoms with Crippen molar-refractivity contribution in [1.29, 1.82) is 0 Å². The van der Waals surface area contributed by atoms with E-state index in [-0.39, 0.29) is 18.9 Å². The molecule has 1 amide bonds. The van der Waals surface area contributed by atoms with Crippen LogP contribution in [0.2, 0.25) is 5.02 Å². The molecule has 0 unspecified atom stereocenters. The second-order valence-electron chi connectivity index (χ2n) is 7.32. The van der Waals surface area contributed by atoms with E-state index in [4.69, 9.17) is 16.3 Å². The van der Waals surface area contributed by atoms with Gasteiger partial charge in [-0.05, 0) is 68.1 Å². The highest BCUT2D eigenvalue weighted by Crippen LogP contribution is 2.22. The lowest BCUT2D eigenvalue weighted by Gasteiger charge is -2.23. The Balaban J connectivity index is 1.78. The summed E-state index contributed by atoms with van der Waals surface area (Å²) < 4.78 is 31.3. The number of aryl methyl sites for hydroxylation is 3. The lowest BCUT2D eigenvalue weighted by molar-refractivity contribution is -0.121. The molecule has 0 bridgehead atoms. The summed E-state index contributed by atoms with van der Waals surface area (Å²) in [5, 5.41) is 3.42. The Morgan fingerprint density at radius 3 is 2.40 bits per heavy atom. The number of carbonyl (C=O) groups is 1. The largest absolute Gasteiger partial charge is 0.492 e. The predicted molar refractivity (Wildman–Crippen MR) is 122 cm³/mol. The second-order valence-corrected chi connectivity index (χ2v) is 9.63. The molecule has 2 aromatic carbocycles. The van der Waals surface area contributed by atoms with Crippen LogP contribution < -0.4 is 14.4 Å². The lowest BCUT2D eigenvalue weighted by Crippen LogP contribution is -2.33. The highest BCUT2D eigenvalue weighted by atomic mass is 35.5. The van der Waals surface area contributed by atoms with E-state index < -0.39 is 10.0 Å². The number of halogens is 1. The number of anilines is 1. The van der Waals surface area contributed by atoms with E-state index >= 15 is 0 Å². The van der Waals surface area contributed by atoms with Crippen molar-refractivity contribution in [2.24, 2.45) is 0 Å². The van der Waals surface area contributed by atoms with Crippen LogP contribution in [0.25, 0.3) is 0 Å². The fourth-order valence-electron chi connectivity index (χ4n) is 2.86. The van der Waals surface area contributed by atoms with Crippen molar-refractivity contribution in [3.63, 3.8) is 0 Å². The number of carbonyl (C=O) groups excluding carboxylic acids is 1. The summed E-state index contributed by atoms with van der Waals surface area (Å²) in [6.07, 6.45) is 1.82. The van der Waals surface area contributed by atoms with E-state index in [0.29, 0.717) is 36.0 Å². The first-order chi connectivity index (χ1) is 14.1. The van der Waals surface area contributed by atoms with E-state index in [2.05, 4.69) is 5.32 Å². The Bertz CT molecular complexity index is 993. The van der Waals surface area contributed by atoms with E-state index in [1.807, 2.05) is 45.0 Å². The molecular weight excluding hydrogens is 424 g/mol. The first-order valence-corrected chi connectivity index (χ1v) is 12.0. The minimum absolute atomic E-state index is 0.144. The highest BCUT2D eigenvalue weighted by Gasteiger charge is 2.18. The van der Waals surface area contributed by atoms with Crippen molar-refractivity contribution >= 4 is 33.2 Å². The molecule has 30 heavy (non-hydrogen) atoms. The zero-order chi connectivity index (χ0) is 22.3. The van der Waals surface area contributed by atoms with Gasteiger partial charge in [0.1, 0.15) is 12.4 Å². The average Bonchev–Trinajstić information content (AvgIpc) is 2.66. The van der Waals surface area contributed by atoms with Crippen LogP contribution in [0.3, 0.4) is 0 Å². The molecule has 0 radical (unpaired) electrons. The smallest absolute Gasteiger partial charge is 0.232 e. The van der Waals surface area contributed by atoms with Crippen LogP contribution in [0.4, 0.5) is 5.69 Å². The molecule has 0 heterocycles. The molecule has 0 aliphatic heterocycles.